The number of non-ortho nitro benzene ring substituents is 1. The van der Waals surface area contributed by atoms with Crippen molar-refractivity contribution in [2.45, 2.75) is 71.3 Å². The van der Waals surface area contributed by atoms with Crippen LogP contribution in [0.5, 0.6) is 0 Å². The summed E-state index contributed by atoms with van der Waals surface area (Å²) < 4.78 is 0. The zero-order valence-electron chi connectivity index (χ0n) is 14.7. The maximum Gasteiger partial charge on any atom is 0.269 e. The Labute approximate surface area is 144 Å². The van der Waals surface area contributed by atoms with Crippen molar-refractivity contribution in [1.29, 1.82) is 0 Å². The van der Waals surface area contributed by atoms with Gasteiger partial charge in [0.05, 0.1) is 16.4 Å². The second kappa shape index (κ2) is 10.2. The van der Waals surface area contributed by atoms with Crippen molar-refractivity contribution < 1.29 is 14.8 Å². The van der Waals surface area contributed by atoms with Crippen molar-refractivity contribution in [2.75, 3.05) is 0 Å². The van der Waals surface area contributed by atoms with Gasteiger partial charge >= 0.3 is 0 Å². The van der Waals surface area contributed by atoms with Crippen LogP contribution in [0.2, 0.25) is 0 Å². The van der Waals surface area contributed by atoms with Crippen molar-refractivity contribution in [1.82, 2.24) is 0 Å². The first kappa shape index (κ1) is 20.3. The lowest BCUT2D eigenvalue weighted by molar-refractivity contribution is -0.384. The minimum Gasteiger partial charge on any atom is -0.387 e. The van der Waals surface area contributed by atoms with Gasteiger partial charge in [0, 0.05) is 12.1 Å². The largest absolute Gasteiger partial charge is 0.387 e. The molecule has 2 atom stereocenters. The second-order valence-electron chi connectivity index (χ2n) is 6.75. The first-order valence-corrected chi connectivity index (χ1v) is 8.83. The Morgan fingerprint density at radius 2 is 1.67 bits per heavy atom. The van der Waals surface area contributed by atoms with Gasteiger partial charge in [-0.05, 0) is 24.1 Å². The van der Waals surface area contributed by atoms with Crippen LogP contribution in [0.4, 0.5) is 5.69 Å². The van der Waals surface area contributed by atoms with E-state index >= 15 is 0 Å². The zero-order chi connectivity index (χ0) is 18.0. The number of aldehydes is 1. The number of aliphatic hydroxyl groups excluding tert-OH is 1. The van der Waals surface area contributed by atoms with Crippen LogP contribution in [0.3, 0.4) is 0 Å². The average Bonchev–Trinajstić information content (AvgIpc) is 2.60. The summed E-state index contributed by atoms with van der Waals surface area (Å²) in [6.07, 6.45) is 8.56. The van der Waals surface area contributed by atoms with Crippen LogP contribution < -0.4 is 0 Å². The fourth-order valence-corrected chi connectivity index (χ4v) is 2.88. The lowest BCUT2D eigenvalue weighted by Crippen LogP contribution is -2.27. The lowest BCUT2D eigenvalue weighted by Gasteiger charge is -2.29. The number of carbonyl (C=O) groups excluding carboxylic acids is 1. The molecule has 24 heavy (non-hydrogen) atoms. The smallest absolute Gasteiger partial charge is 0.269 e. The molecule has 1 aromatic carbocycles. The normalized spacial score (nSPS) is 14.8. The first-order chi connectivity index (χ1) is 11.4. The molecule has 0 radical (unpaired) electrons. The summed E-state index contributed by atoms with van der Waals surface area (Å²) in [5.74, 6) is 0. The molecule has 5 heteroatoms. The number of hydrogen-bond donors (Lipinski definition) is 1. The maximum atomic E-state index is 11.6. The van der Waals surface area contributed by atoms with Crippen LogP contribution in [0, 0.1) is 15.5 Å². The van der Waals surface area contributed by atoms with Crippen LogP contribution in [0.25, 0.3) is 0 Å². The molecule has 5 nitrogen and oxygen atoms in total. The quantitative estimate of drug-likeness (QED) is 0.253. The Morgan fingerprint density at radius 1 is 1.12 bits per heavy atom. The summed E-state index contributed by atoms with van der Waals surface area (Å²) >= 11 is 0. The van der Waals surface area contributed by atoms with E-state index in [2.05, 4.69) is 6.92 Å². The topological polar surface area (TPSA) is 80.4 Å². The molecular formula is C19H29NO4. The summed E-state index contributed by atoms with van der Waals surface area (Å²) in [5, 5.41) is 21.2. The van der Waals surface area contributed by atoms with Gasteiger partial charge in [0.1, 0.15) is 6.29 Å². The van der Waals surface area contributed by atoms with E-state index in [4.69, 9.17) is 0 Å². The van der Waals surface area contributed by atoms with Gasteiger partial charge in [0.15, 0.2) is 0 Å². The molecule has 1 rings (SSSR count). The van der Waals surface area contributed by atoms with Crippen LogP contribution >= 0.6 is 0 Å². The molecule has 0 bridgehead atoms. The van der Waals surface area contributed by atoms with Gasteiger partial charge in [-0.2, -0.15) is 0 Å². The number of nitro benzene ring substituents is 1. The molecule has 0 heterocycles. The third-order valence-corrected chi connectivity index (χ3v) is 4.63. The SMILES string of the molecule is CCCCCCCCC[C@@](C)(C=O)[C@@H](O)c1ccc([N+](=O)[O-])cc1. The van der Waals surface area contributed by atoms with Crippen LogP contribution in [0.15, 0.2) is 24.3 Å². The second-order valence-corrected chi connectivity index (χ2v) is 6.75. The predicted molar refractivity (Wildman–Crippen MR) is 94.8 cm³/mol. The Bertz CT molecular complexity index is 515. The summed E-state index contributed by atoms with van der Waals surface area (Å²) in [6.45, 7) is 3.94. The van der Waals surface area contributed by atoms with Crippen LogP contribution in [-0.2, 0) is 4.79 Å². The molecular weight excluding hydrogens is 306 g/mol. The van der Waals surface area contributed by atoms with E-state index in [9.17, 15) is 20.0 Å². The summed E-state index contributed by atoms with van der Waals surface area (Å²) in [7, 11) is 0. The van der Waals surface area contributed by atoms with Gasteiger partial charge in [-0.15, -0.1) is 0 Å². The highest BCUT2D eigenvalue weighted by Crippen LogP contribution is 2.37. The monoisotopic (exact) mass is 335 g/mol. The van der Waals surface area contributed by atoms with Gasteiger partial charge in [0.25, 0.3) is 5.69 Å². The number of nitrogens with zero attached hydrogens (tertiary/aromatic N) is 1. The summed E-state index contributed by atoms with van der Waals surface area (Å²) in [4.78, 5) is 21.8. The maximum absolute atomic E-state index is 11.6. The Balaban J connectivity index is 2.55. The molecule has 0 aliphatic carbocycles. The number of hydrogen-bond acceptors (Lipinski definition) is 4. The van der Waals surface area contributed by atoms with Crippen LogP contribution in [-0.4, -0.2) is 16.3 Å². The molecule has 0 aliphatic heterocycles. The third-order valence-electron chi connectivity index (χ3n) is 4.63. The molecule has 0 unspecified atom stereocenters. The van der Waals surface area contributed by atoms with Crippen molar-refractivity contribution in [3.8, 4) is 0 Å². The number of unbranched alkanes of at least 4 members (excludes halogenated alkanes) is 6. The number of aliphatic hydroxyl groups is 1. The number of nitro groups is 1. The fourth-order valence-electron chi connectivity index (χ4n) is 2.88. The standard InChI is InChI=1S/C19H29NO4/c1-3-4-5-6-7-8-9-14-19(2,15-21)18(22)16-10-12-17(13-11-16)20(23)24/h10-13,15,18,22H,3-9,14H2,1-2H3/t18-,19-/m0/s1. The highest BCUT2D eigenvalue weighted by atomic mass is 16.6. The molecule has 0 spiro atoms. The van der Waals surface area contributed by atoms with Crippen LogP contribution in [0.1, 0.15) is 76.9 Å². The zero-order valence-corrected chi connectivity index (χ0v) is 14.7. The number of carbonyl (C=O) groups is 1. The molecule has 0 saturated heterocycles. The number of rotatable bonds is 12. The Kier molecular flexibility index (Phi) is 8.61. The molecule has 1 aromatic rings. The van der Waals surface area contributed by atoms with Gasteiger partial charge in [-0.3, -0.25) is 10.1 Å². The minimum atomic E-state index is -0.948. The fraction of sp³-hybridized carbons (Fsp3) is 0.632. The first-order valence-electron chi connectivity index (χ1n) is 8.83. The molecule has 0 aromatic heterocycles. The molecule has 134 valence electrons. The molecule has 0 fully saturated rings. The van der Waals surface area contributed by atoms with E-state index in [1.54, 1.807) is 6.92 Å². The Morgan fingerprint density at radius 3 is 2.17 bits per heavy atom. The van der Waals surface area contributed by atoms with Crippen molar-refractivity contribution in [2.24, 2.45) is 5.41 Å². The van der Waals surface area contributed by atoms with Gasteiger partial charge in [0.2, 0.25) is 0 Å². The van der Waals surface area contributed by atoms with Crippen molar-refractivity contribution >= 4 is 12.0 Å². The van der Waals surface area contributed by atoms with E-state index in [-0.39, 0.29) is 5.69 Å². The number of benzene rings is 1. The van der Waals surface area contributed by atoms with E-state index in [0.29, 0.717) is 12.0 Å². The highest BCUT2D eigenvalue weighted by Gasteiger charge is 2.33. The third kappa shape index (κ3) is 6.04. The van der Waals surface area contributed by atoms with Gasteiger partial charge in [-0.1, -0.05) is 58.8 Å². The average molecular weight is 335 g/mol. The summed E-state index contributed by atoms with van der Waals surface area (Å²) in [5.41, 5.74) is -0.344. The van der Waals surface area contributed by atoms with E-state index < -0.39 is 16.4 Å². The molecule has 0 amide bonds. The predicted octanol–water partition coefficient (Wildman–Crippen LogP) is 4.97. The van der Waals surface area contributed by atoms with Crippen molar-refractivity contribution in [3.63, 3.8) is 0 Å². The molecule has 1 N–H and O–H groups in total. The van der Waals surface area contributed by atoms with Gasteiger partial charge < -0.3 is 9.90 Å². The minimum absolute atomic E-state index is 0.0224. The van der Waals surface area contributed by atoms with E-state index in [0.717, 1.165) is 25.5 Å². The van der Waals surface area contributed by atoms with E-state index in [1.165, 1.54) is 49.9 Å². The summed E-state index contributed by atoms with van der Waals surface area (Å²) in [6, 6.07) is 5.76. The van der Waals surface area contributed by atoms with Gasteiger partial charge in [-0.25, -0.2) is 0 Å². The van der Waals surface area contributed by atoms with Crippen molar-refractivity contribution in [3.05, 3.63) is 39.9 Å². The molecule has 0 aliphatic rings. The lowest BCUT2D eigenvalue weighted by atomic mass is 9.78. The highest BCUT2D eigenvalue weighted by molar-refractivity contribution is 5.60. The van der Waals surface area contributed by atoms with E-state index in [1.807, 2.05) is 0 Å². The Hall–Kier alpha value is -1.75. The molecule has 0 saturated carbocycles.